The van der Waals surface area contributed by atoms with Gasteiger partial charge in [0.15, 0.2) is 0 Å². The summed E-state index contributed by atoms with van der Waals surface area (Å²) in [6, 6.07) is 13.9. The summed E-state index contributed by atoms with van der Waals surface area (Å²) >= 11 is 12.0. The Morgan fingerprint density at radius 1 is 1.07 bits per heavy atom. The number of nitrogens with one attached hydrogen (secondary N) is 1. The molecular weight excluding hydrogens is 379 g/mol. The molecule has 2 aromatic rings. The van der Waals surface area contributed by atoms with E-state index in [2.05, 4.69) is 55.6 Å². The van der Waals surface area contributed by atoms with Crippen LogP contribution in [0.15, 0.2) is 47.6 Å². The Morgan fingerprint density at radius 2 is 1.74 bits per heavy atom. The highest BCUT2D eigenvalue weighted by atomic mass is 35.5. The van der Waals surface area contributed by atoms with E-state index < -0.39 is 0 Å². The molecule has 1 saturated carbocycles. The second-order valence-corrected chi connectivity index (χ2v) is 8.94. The van der Waals surface area contributed by atoms with E-state index in [4.69, 9.17) is 23.2 Å². The first-order chi connectivity index (χ1) is 12.7. The monoisotopic (exact) mass is 402 g/mol. The zero-order valence-corrected chi connectivity index (χ0v) is 17.5. The maximum absolute atomic E-state index is 12.4. The first-order valence-corrected chi connectivity index (χ1v) is 9.82. The summed E-state index contributed by atoms with van der Waals surface area (Å²) in [4.78, 5) is 12.4. The number of benzene rings is 2. The molecule has 142 valence electrons. The molecule has 5 heteroatoms. The normalized spacial score (nSPS) is 19.7. The standard InChI is InChI=1S/C22H24Cl2N2O/c1-13(15-7-10-19(23)20(24)11-15)25-26-21(27)18-12-17(18)14-5-8-16(9-6-14)22(2,3)4/h5-11,17-18H,12H2,1-4H3,(H,26,27). The molecule has 0 aliphatic heterocycles. The van der Waals surface area contributed by atoms with Gasteiger partial charge in [0.05, 0.1) is 15.8 Å². The lowest BCUT2D eigenvalue weighted by Crippen LogP contribution is -2.21. The SMILES string of the molecule is CC(=NNC(=O)C1CC1c1ccc(C(C)(C)C)cc1)c1ccc(Cl)c(Cl)c1. The lowest BCUT2D eigenvalue weighted by atomic mass is 9.86. The quantitative estimate of drug-likeness (QED) is 0.499. The topological polar surface area (TPSA) is 41.5 Å². The van der Waals surface area contributed by atoms with Gasteiger partial charge in [0.1, 0.15) is 0 Å². The van der Waals surface area contributed by atoms with Crippen molar-refractivity contribution in [3.8, 4) is 0 Å². The van der Waals surface area contributed by atoms with E-state index in [9.17, 15) is 4.79 Å². The second-order valence-electron chi connectivity index (χ2n) is 8.12. The molecule has 3 rings (SSSR count). The van der Waals surface area contributed by atoms with Crippen LogP contribution in [-0.2, 0) is 10.2 Å². The fourth-order valence-corrected chi connectivity index (χ4v) is 3.39. The van der Waals surface area contributed by atoms with Crippen molar-refractivity contribution in [2.24, 2.45) is 11.0 Å². The minimum Gasteiger partial charge on any atom is -0.273 e. The fourth-order valence-electron chi connectivity index (χ4n) is 3.09. The molecular formula is C22H24Cl2N2O. The maximum atomic E-state index is 12.4. The lowest BCUT2D eigenvalue weighted by molar-refractivity contribution is -0.122. The summed E-state index contributed by atoms with van der Waals surface area (Å²) in [5.41, 5.74) is 6.85. The summed E-state index contributed by atoms with van der Waals surface area (Å²) < 4.78 is 0. The lowest BCUT2D eigenvalue weighted by Gasteiger charge is -2.19. The molecule has 1 aliphatic carbocycles. The zero-order chi connectivity index (χ0) is 19.8. The summed E-state index contributed by atoms with van der Waals surface area (Å²) in [5.74, 6) is 0.217. The largest absolute Gasteiger partial charge is 0.273 e. The van der Waals surface area contributed by atoms with Crippen LogP contribution in [0.4, 0.5) is 0 Å². The van der Waals surface area contributed by atoms with Crippen molar-refractivity contribution in [2.75, 3.05) is 0 Å². The van der Waals surface area contributed by atoms with Gasteiger partial charge in [-0.25, -0.2) is 5.43 Å². The number of hydrazone groups is 1. The minimum absolute atomic E-state index is 0.0177. The number of halogens is 2. The average Bonchev–Trinajstić information content (AvgIpc) is 3.42. The molecule has 0 bridgehead atoms. The molecule has 27 heavy (non-hydrogen) atoms. The van der Waals surface area contributed by atoms with Crippen LogP contribution in [0.1, 0.15) is 56.7 Å². The molecule has 0 heterocycles. The molecule has 2 aromatic carbocycles. The van der Waals surface area contributed by atoms with Crippen molar-refractivity contribution in [1.29, 1.82) is 0 Å². The Morgan fingerprint density at radius 3 is 2.33 bits per heavy atom. The predicted molar refractivity (Wildman–Crippen MR) is 113 cm³/mol. The molecule has 2 unspecified atom stereocenters. The summed E-state index contributed by atoms with van der Waals surface area (Å²) in [7, 11) is 0. The van der Waals surface area contributed by atoms with Crippen LogP contribution in [0.3, 0.4) is 0 Å². The Hall–Kier alpha value is -1.84. The van der Waals surface area contributed by atoms with Gasteiger partial charge in [-0.2, -0.15) is 5.10 Å². The van der Waals surface area contributed by atoms with Gasteiger partial charge in [0.2, 0.25) is 5.91 Å². The Labute approximate surface area is 170 Å². The van der Waals surface area contributed by atoms with Crippen molar-refractivity contribution in [3.63, 3.8) is 0 Å². The molecule has 0 radical (unpaired) electrons. The highest BCUT2D eigenvalue weighted by Crippen LogP contribution is 2.47. The zero-order valence-electron chi connectivity index (χ0n) is 16.0. The van der Waals surface area contributed by atoms with Gasteiger partial charge < -0.3 is 0 Å². The van der Waals surface area contributed by atoms with E-state index in [1.807, 2.05) is 13.0 Å². The molecule has 0 saturated heterocycles. The minimum atomic E-state index is -0.0423. The second kappa shape index (κ2) is 7.65. The Kier molecular flexibility index (Phi) is 5.64. The van der Waals surface area contributed by atoms with E-state index in [1.165, 1.54) is 11.1 Å². The van der Waals surface area contributed by atoms with Crippen molar-refractivity contribution < 1.29 is 4.79 Å². The molecule has 1 amide bonds. The summed E-state index contributed by atoms with van der Waals surface area (Å²) in [6.45, 7) is 8.42. The molecule has 0 aromatic heterocycles. The molecule has 2 atom stereocenters. The van der Waals surface area contributed by atoms with Crippen LogP contribution in [0.5, 0.6) is 0 Å². The van der Waals surface area contributed by atoms with E-state index in [0.29, 0.717) is 15.8 Å². The van der Waals surface area contributed by atoms with Crippen LogP contribution in [-0.4, -0.2) is 11.6 Å². The molecule has 0 spiro atoms. The number of nitrogens with zero attached hydrogens (tertiary/aromatic N) is 1. The van der Waals surface area contributed by atoms with E-state index in [-0.39, 0.29) is 23.2 Å². The van der Waals surface area contributed by atoms with Gasteiger partial charge in [-0.05, 0) is 53.5 Å². The number of carbonyl (C=O) groups excluding carboxylic acids is 1. The summed E-state index contributed by atoms with van der Waals surface area (Å²) in [5, 5.41) is 5.18. The van der Waals surface area contributed by atoms with Crippen molar-refractivity contribution in [1.82, 2.24) is 5.43 Å². The van der Waals surface area contributed by atoms with Gasteiger partial charge in [-0.15, -0.1) is 0 Å². The fraction of sp³-hybridized carbons (Fsp3) is 0.364. The van der Waals surface area contributed by atoms with Crippen LogP contribution in [0.25, 0.3) is 0 Å². The highest BCUT2D eigenvalue weighted by molar-refractivity contribution is 6.42. The summed E-state index contributed by atoms with van der Waals surface area (Å²) in [6.07, 6.45) is 0.863. The first-order valence-electron chi connectivity index (χ1n) is 9.07. The van der Waals surface area contributed by atoms with E-state index in [1.54, 1.807) is 12.1 Å². The number of rotatable bonds is 4. The highest BCUT2D eigenvalue weighted by Gasteiger charge is 2.44. The Balaban J connectivity index is 1.60. The Bertz CT molecular complexity index is 882. The van der Waals surface area contributed by atoms with Crippen LogP contribution < -0.4 is 5.43 Å². The van der Waals surface area contributed by atoms with Crippen LogP contribution >= 0.6 is 23.2 Å². The van der Waals surface area contributed by atoms with E-state index in [0.717, 1.165) is 12.0 Å². The van der Waals surface area contributed by atoms with Gasteiger partial charge in [-0.3, -0.25) is 4.79 Å². The third-order valence-corrected chi connectivity index (χ3v) is 5.74. The van der Waals surface area contributed by atoms with Crippen LogP contribution in [0, 0.1) is 5.92 Å². The third kappa shape index (κ3) is 4.72. The number of amides is 1. The number of carbonyl (C=O) groups is 1. The molecule has 3 nitrogen and oxygen atoms in total. The maximum Gasteiger partial charge on any atom is 0.243 e. The van der Waals surface area contributed by atoms with Gasteiger partial charge >= 0.3 is 0 Å². The van der Waals surface area contributed by atoms with Crippen LogP contribution in [0.2, 0.25) is 10.0 Å². The van der Waals surface area contributed by atoms with Gasteiger partial charge in [0.25, 0.3) is 0 Å². The molecule has 1 fully saturated rings. The molecule has 1 N–H and O–H groups in total. The predicted octanol–water partition coefficient (Wildman–Crippen LogP) is 5.93. The van der Waals surface area contributed by atoms with Crippen molar-refractivity contribution in [2.45, 2.75) is 45.4 Å². The van der Waals surface area contributed by atoms with E-state index >= 15 is 0 Å². The molecule has 1 aliphatic rings. The third-order valence-electron chi connectivity index (χ3n) is 5.00. The van der Waals surface area contributed by atoms with Gasteiger partial charge in [0, 0.05) is 5.92 Å². The van der Waals surface area contributed by atoms with Crippen molar-refractivity contribution in [3.05, 3.63) is 69.2 Å². The number of hydrogen-bond donors (Lipinski definition) is 1. The average molecular weight is 403 g/mol. The van der Waals surface area contributed by atoms with Crippen molar-refractivity contribution >= 4 is 34.8 Å². The number of hydrogen-bond acceptors (Lipinski definition) is 2. The smallest absolute Gasteiger partial charge is 0.243 e. The van der Waals surface area contributed by atoms with Gasteiger partial charge in [-0.1, -0.05) is 74.3 Å². The first kappa shape index (κ1) is 19.9.